The van der Waals surface area contributed by atoms with Crippen molar-refractivity contribution >= 4 is 39.8 Å². The topological polar surface area (TPSA) is 66.9 Å². The number of benzene rings is 2. The van der Waals surface area contributed by atoms with Crippen molar-refractivity contribution in [3.63, 3.8) is 0 Å². The molecule has 1 amide bonds. The predicted molar refractivity (Wildman–Crippen MR) is 115 cm³/mol. The molecule has 0 saturated carbocycles. The zero-order chi connectivity index (χ0) is 20.2. The Balaban J connectivity index is 1.36. The van der Waals surface area contributed by atoms with Crippen molar-refractivity contribution in [2.75, 3.05) is 5.32 Å². The Kier molecular flexibility index (Phi) is 6.10. The molecule has 29 heavy (non-hydrogen) atoms. The summed E-state index contributed by atoms with van der Waals surface area (Å²) in [5, 5.41) is 14.5. The molecule has 0 unspecified atom stereocenters. The van der Waals surface area contributed by atoms with Crippen molar-refractivity contribution in [2.45, 2.75) is 41.8 Å². The number of halogens is 1. The number of carbonyl (C=O) groups is 1. The molecule has 0 fully saturated rings. The molecule has 1 aromatic heterocycles. The van der Waals surface area contributed by atoms with Crippen molar-refractivity contribution in [1.82, 2.24) is 15.5 Å². The number of thioether (sulfide) groups is 1. The SMILES string of the molecule is C[C@@H](Sc1nnc(Nc2ccccc2F)s1)C(=O)N[C@H]1CCCc2ccccc21. The van der Waals surface area contributed by atoms with Gasteiger partial charge in [-0.3, -0.25) is 4.79 Å². The fourth-order valence-corrected chi connectivity index (χ4v) is 5.30. The summed E-state index contributed by atoms with van der Waals surface area (Å²) in [6.07, 6.45) is 3.09. The van der Waals surface area contributed by atoms with E-state index in [1.165, 1.54) is 40.3 Å². The number of rotatable bonds is 6. The lowest BCUT2D eigenvalue weighted by Gasteiger charge is -2.27. The van der Waals surface area contributed by atoms with Crippen molar-refractivity contribution < 1.29 is 9.18 Å². The number of fused-ring (bicyclic) bond motifs is 1. The van der Waals surface area contributed by atoms with Crippen molar-refractivity contribution in [3.05, 3.63) is 65.5 Å². The second-order valence-corrected chi connectivity index (χ2v) is 9.46. The molecule has 2 aromatic carbocycles. The lowest BCUT2D eigenvalue weighted by atomic mass is 9.88. The van der Waals surface area contributed by atoms with E-state index in [9.17, 15) is 9.18 Å². The number of aromatic nitrogens is 2. The van der Waals surface area contributed by atoms with Gasteiger partial charge < -0.3 is 10.6 Å². The number of carbonyl (C=O) groups excluding carboxylic acids is 1. The van der Waals surface area contributed by atoms with Crippen LogP contribution in [0.25, 0.3) is 0 Å². The summed E-state index contributed by atoms with van der Waals surface area (Å²) in [5.41, 5.74) is 2.89. The first-order valence-corrected chi connectivity index (χ1v) is 11.2. The first kappa shape index (κ1) is 19.8. The largest absolute Gasteiger partial charge is 0.348 e. The van der Waals surface area contributed by atoms with Crippen molar-refractivity contribution in [3.8, 4) is 0 Å². The number of nitrogens with zero attached hydrogens (tertiary/aromatic N) is 2. The maximum atomic E-state index is 13.8. The lowest BCUT2D eigenvalue weighted by molar-refractivity contribution is -0.121. The molecule has 1 aliphatic rings. The Morgan fingerprint density at radius 1 is 1.21 bits per heavy atom. The number of para-hydroxylation sites is 1. The number of amides is 1. The normalized spacial score (nSPS) is 16.7. The van der Waals surface area contributed by atoms with Gasteiger partial charge in [-0.05, 0) is 49.4 Å². The minimum absolute atomic E-state index is 0.0180. The van der Waals surface area contributed by atoms with Gasteiger partial charge in [0.05, 0.1) is 17.0 Å². The fraction of sp³-hybridized carbons (Fsp3) is 0.286. The molecule has 0 aliphatic heterocycles. The molecular formula is C21H21FN4OS2. The van der Waals surface area contributed by atoms with Gasteiger partial charge >= 0.3 is 0 Å². The van der Waals surface area contributed by atoms with E-state index in [0.29, 0.717) is 15.2 Å². The van der Waals surface area contributed by atoms with E-state index >= 15 is 0 Å². The third-order valence-corrected chi connectivity index (χ3v) is 6.88. The maximum absolute atomic E-state index is 13.8. The maximum Gasteiger partial charge on any atom is 0.233 e. The van der Waals surface area contributed by atoms with Crippen LogP contribution in [-0.4, -0.2) is 21.4 Å². The highest BCUT2D eigenvalue weighted by Gasteiger charge is 2.24. The minimum atomic E-state index is -0.350. The summed E-state index contributed by atoms with van der Waals surface area (Å²) in [6.45, 7) is 1.86. The van der Waals surface area contributed by atoms with Gasteiger partial charge in [-0.15, -0.1) is 10.2 Å². The van der Waals surface area contributed by atoms with E-state index in [4.69, 9.17) is 0 Å². The van der Waals surface area contributed by atoms with E-state index in [0.717, 1.165) is 19.3 Å². The molecule has 5 nitrogen and oxygen atoms in total. The Hall–Kier alpha value is -2.45. The number of hydrogen-bond donors (Lipinski definition) is 2. The zero-order valence-corrected chi connectivity index (χ0v) is 17.5. The molecule has 2 N–H and O–H groups in total. The number of hydrogen-bond acceptors (Lipinski definition) is 6. The average Bonchev–Trinajstić information content (AvgIpc) is 3.17. The molecule has 8 heteroatoms. The summed E-state index contributed by atoms with van der Waals surface area (Å²) < 4.78 is 14.4. The molecule has 3 aromatic rings. The van der Waals surface area contributed by atoms with Crippen LogP contribution in [0.15, 0.2) is 52.9 Å². The van der Waals surface area contributed by atoms with E-state index in [2.05, 4.69) is 33.0 Å². The molecule has 4 rings (SSSR count). The van der Waals surface area contributed by atoms with Gasteiger partial charge in [0.1, 0.15) is 5.82 Å². The molecule has 150 valence electrons. The van der Waals surface area contributed by atoms with E-state index in [1.54, 1.807) is 18.2 Å². The number of nitrogens with one attached hydrogen (secondary N) is 2. The number of aryl methyl sites for hydroxylation is 1. The van der Waals surface area contributed by atoms with Crippen molar-refractivity contribution in [1.29, 1.82) is 0 Å². The monoisotopic (exact) mass is 428 g/mol. The predicted octanol–water partition coefficient (Wildman–Crippen LogP) is 5.10. The summed E-state index contributed by atoms with van der Waals surface area (Å²) in [5.74, 6) is -0.368. The molecule has 0 bridgehead atoms. The van der Waals surface area contributed by atoms with Crippen LogP contribution in [0, 0.1) is 5.82 Å². The van der Waals surface area contributed by atoms with Gasteiger partial charge in [0, 0.05) is 0 Å². The molecule has 1 heterocycles. The average molecular weight is 429 g/mol. The van der Waals surface area contributed by atoms with E-state index in [1.807, 2.05) is 19.1 Å². The van der Waals surface area contributed by atoms with Crippen LogP contribution in [-0.2, 0) is 11.2 Å². The van der Waals surface area contributed by atoms with Crippen LogP contribution < -0.4 is 10.6 Å². The van der Waals surface area contributed by atoms with E-state index < -0.39 is 0 Å². The van der Waals surface area contributed by atoms with Gasteiger partial charge in [0.2, 0.25) is 11.0 Å². The Morgan fingerprint density at radius 3 is 2.86 bits per heavy atom. The highest BCUT2D eigenvalue weighted by Crippen LogP contribution is 2.33. The fourth-order valence-electron chi connectivity index (χ4n) is 3.38. The minimum Gasteiger partial charge on any atom is -0.348 e. The summed E-state index contributed by atoms with van der Waals surface area (Å²) in [7, 11) is 0. The molecule has 0 saturated heterocycles. The van der Waals surface area contributed by atoms with Crippen LogP contribution in [0.3, 0.4) is 0 Å². The molecular weight excluding hydrogens is 407 g/mol. The Labute approximate surface area is 177 Å². The summed E-state index contributed by atoms with van der Waals surface area (Å²) in [4.78, 5) is 12.7. The smallest absolute Gasteiger partial charge is 0.233 e. The third-order valence-electron chi connectivity index (χ3n) is 4.85. The van der Waals surface area contributed by atoms with Crippen LogP contribution in [0.2, 0.25) is 0 Å². The van der Waals surface area contributed by atoms with Crippen LogP contribution in [0.1, 0.15) is 36.9 Å². The number of anilines is 2. The second-order valence-electron chi connectivity index (χ2n) is 6.89. The van der Waals surface area contributed by atoms with Gasteiger partial charge in [-0.25, -0.2) is 4.39 Å². The van der Waals surface area contributed by atoms with Gasteiger partial charge in [0.15, 0.2) is 4.34 Å². The third kappa shape index (κ3) is 4.76. The molecule has 2 atom stereocenters. The summed E-state index contributed by atoms with van der Waals surface area (Å²) in [6, 6.07) is 14.8. The molecule has 0 radical (unpaired) electrons. The first-order valence-electron chi connectivity index (χ1n) is 9.50. The quantitative estimate of drug-likeness (QED) is 0.535. The highest BCUT2D eigenvalue weighted by atomic mass is 32.2. The van der Waals surface area contributed by atoms with E-state index in [-0.39, 0.29) is 23.0 Å². The van der Waals surface area contributed by atoms with Crippen LogP contribution in [0.4, 0.5) is 15.2 Å². The lowest BCUT2D eigenvalue weighted by Crippen LogP contribution is -2.35. The molecule has 1 aliphatic carbocycles. The first-order chi connectivity index (χ1) is 14.1. The molecule has 0 spiro atoms. The summed E-state index contributed by atoms with van der Waals surface area (Å²) >= 11 is 2.66. The van der Waals surface area contributed by atoms with Crippen LogP contribution in [0.5, 0.6) is 0 Å². The van der Waals surface area contributed by atoms with Crippen molar-refractivity contribution in [2.24, 2.45) is 0 Å². The Morgan fingerprint density at radius 2 is 2.00 bits per heavy atom. The second kappa shape index (κ2) is 8.92. The Bertz CT molecular complexity index is 1010. The van der Waals surface area contributed by atoms with Gasteiger partial charge in [-0.1, -0.05) is 59.5 Å². The standard InChI is InChI=1S/C21H21FN4OS2/c1-13(19(27)23-17-12-6-8-14-7-2-3-9-15(14)17)28-21-26-25-20(29-21)24-18-11-5-4-10-16(18)22/h2-5,7,9-11,13,17H,6,8,12H2,1H3,(H,23,27)(H,24,25)/t13-,17+/m1/s1. The zero-order valence-electron chi connectivity index (χ0n) is 15.9. The van der Waals surface area contributed by atoms with Crippen LogP contribution >= 0.6 is 23.1 Å². The van der Waals surface area contributed by atoms with Gasteiger partial charge in [0.25, 0.3) is 0 Å². The van der Waals surface area contributed by atoms with Gasteiger partial charge in [-0.2, -0.15) is 0 Å². The highest BCUT2D eigenvalue weighted by molar-refractivity contribution is 8.02.